The first-order valence-corrected chi connectivity index (χ1v) is 16.6. The van der Waals surface area contributed by atoms with E-state index in [0.29, 0.717) is 0 Å². The predicted octanol–water partition coefficient (Wildman–Crippen LogP) is 8.22. The molecular formula is C32H35FIrNO3Si-. The quantitative estimate of drug-likeness (QED) is 0.0832. The number of nitrogens with zero attached hydrogens (tertiary/aromatic N) is 1. The number of ether oxygens (including phenoxy) is 1. The zero-order valence-electron chi connectivity index (χ0n) is 23.3. The SMILES string of the molecule is CCC(CC)/C(O)=C/C(=O)CF.Cc1c2c([c-]c3ccccc13)-c1nccc3cc([Si](C)(C)C)cc(c13)O2.[Ir]. The van der Waals surface area contributed by atoms with Gasteiger partial charge in [0.05, 0.1) is 19.6 Å². The van der Waals surface area contributed by atoms with E-state index < -0.39 is 20.5 Å². The Bertz CT molecular complexity index is 1540. The molecule has 3 aromatic carbocycles. The molecule has 0 spiro atoms. The molecule has 1 aromatic heterocycles. The van der Waals surface area contributed by atoms with Crippen LogP contribution in [0.1, 0.15) is 32.3 Å². The molecule has 0 fully saturated rings. The molecule has 207 valence electrons. The van der Waals surface area contributed by atoms with Crippen molar-refractivity contribution in [1.29, 1.82) is 0 Å². The van der Waals surface area contributed by atoms with Crippen molar-refractivity contribution in [2.45, 2.75) is 53.3 Å². The van der Waals surface area contributed by atoms with Gasteiger partial charge in [-0.15, -0.1) is 17.5 Å². The molecule has 0 saturated heterocycles. The minimum absolute atomic E-state index is 0. The standard InChI is InChI=1S/C23H20NOSi.C9H15FO2.Ir/c1-14-18-8-6-5-7-15(18)12-19-22-21-16(9-10-24-22)11-17(26(2,3)4)13-20(21)25-23(14)19;1-3-7(4-2)9(12)5-8(11)6-10;/h5-11,13H,1-4H3;5,7,12H,3-4,6H2,1-2H3;/q-1;;/b;9-5-;. The first-order valence-electron chi connectivity index (χ1n) is 13.1. The van der Waals surface area contributed by atoms with Gasteiger partial charge in [-0.3, -0.25) is 9.78 Å². The van der Waals surface area contributed by atoms with Crippen LogP contribution in [0.15, 0.2) is 60.5 Å². The zero-order valence-corrected chi connectivity index (χ0v) is 26.7. The molecule has 0 atom stereocenters. The molecule has 0 saturated carbocycles. The van der Waals surface area contributed by atoms with Gasteiger partial charge in [0, 0.05) is 49.4 Å². The third-order valence-electron chi connectivity index (χ3n) is 7.14. The number of halogens is 1. The zero-order chi connectivity index (χ0) is 27.6. The topological polar surface area (TPSA) is 59.4 Å². The molecule has 0 aliphatic carbocycles. The number of aliphatic hydroxyl groups is 1. The summed E-state index contributed by atoms with van der Waals surface area (Å²) in [5.74, 6) is 1.15. The van der Waals surface area contributed by atoms with Gasteiger partial charge in [-0.1, -0.05) is 79.5 Å². The van der Waals surface area contributed by atoms with Crippen LogP contribution >= 0.6 is 0 Å². The summed E-state index contributed by atoms with van der Waals surface area (Å²) in [5.41, 5.74) is 3.10. The van der Waals surface area contributed by atoms with Crippen molar-refractivity contribution in [2.24, 2.45) is 5.92 Å². The number of benzene rings is 3. The van der Waals surface area contributed by atoms with Crippen molar-refractivity contribution in [3.63, 3.8) is 0 Å². The van der Waals surface area contributed by atoms with E-state index in [9.17, 15) is 14.3 Å². The largest absolute Gasteiger partial charge is 0.512 e. The number of aliphatic hydroxyl groups excluding tert-OH is 1. The maximum Gasteiger partial charge on any atom is 0.189 e. The van der Waals surface area contributed by atoms with E-state index in [1.807, 2.05) is 20.0 Å². The van der Waals surface area contributed by atoms with E-state index in [1.165, 1.54) is 16.0 Å². The Labute approximate surface area is 244 Å². The number of hydrogen-bond acceptors (Lipinski definition) is 4. The van der Waals surface area contributed by atoms with Crippen LogP contribution in [0.25, 0.3) is 32.8 Å². The fraction of sp³-hybridized carbons (Fsp3) is 0.312. The van der Waals surface area contributed by atoms with Crippen LogP contribution in [0, 0.1) is 18.9 Å². The van der Waals surface area contributed by atoms with E-state index in [2.05, 4.69) is 75.1 Å². The normalized spacial score (nSPS) is 12.4. The minimum Gasteiger partial charge on any atom is -0.512 e. The molecule has 0 bridgehead atoms. The summed E-state index contributed by atoms with van der Waals surface area (Å²) in [7, 11) is -1.45. The Morgan fingerprint density at radius 2 is 1.85 bits per heavy atom. The molecule has 1 N–H and O–H groups in total. The summed E-state index contributed by atoms with van der Waals surface area (Å²) >= 11 is 0. The van der Waals surface area contributed by atoms with Crippen molar-refractivity contribution in [2.75, 3.05) is 6.67 Å². The van der Waals surface area contributed by atoms with Crippen LogP contribution < -0.4 is 9.92 Å². The molecule has 39 heavy (non-hydrogen) atoms. The number of carbonyl (C=O) groups excluding carboxylic acids is 1. The van der Waals surface area contributed by atoms with Crippen LogP contribution in [-0.4, -0.2) is 30.6 Å². The average Bonchev–Trinajstić information content (AvgIpc) is 2.90. The maximum absolute atomic E-state index is 11.7. The molecule has 0 amide bonds. The van der Waals surface area contributed by atoms with Gasteiger partial charge in [0.15, 0.2) is 12.5 Å². The number of aromatic nitrogens is 1. The molecule has 1 aliphatic rings. The predicted molar refractivity (Wildman–Crippen MR) is 157 cm³/mol. The Balaban J connectivity index is 0.000000278. The number of ketones is 1. The van der Waals surface area contributed by atoms with Crippen molar-refractivity contribution in [3.05, 3.63) is 72.1 Å². The van der Waals surface area contributed by atoms with Crippen molar-refractivity contribution in [3.8, 4) is 22.8 Å². The van der Waals surface area contributed by atoms with Crippen molar-refractivity contribution < 1.29 is 39.1 Å². The van der Waals surface area contributed by atoms with Gasteiger partial charge in [-0.2, -0.15) is 0 Å². The van der Waals surface area contributed by atoms with Crippen LogP contribution in [0.4, 0.5) is 4.39 Å². The minimum atomic E-state index is -1.45. The van der Waals surface area contributed by atoms with Gasteiger partial charge in [0.1, 0.15) is 5.75 Å². The fourth-order valence-corrected chi connectivity index (χ4v) is 5.99. The van der Waals surface area contributed by atoms with Crippen LogP contribution in [0.5, 0.6) is 11.5 Å². The summed E-state index contributed by atoms with van der Waals surface area (Å²) in [6.07, 6.45) is 4.41. The summed E-state index contributed by atoms with van der Waals surface area (Å²) < 4.78 is 18.2. The molecule has 4 aromatic rings. The summed E-state index contributed by atoms with van der Waals surface area (Å²) in [4.78, 5) is 15.3. The number of hydrogen-bond donors (Lipinski definition) is 1. The Kier molecular flexibility index (Phi) is 9.86. The first kappa shape index (κ1) is 30.7. The molecule has 1 aliphatic heterocycles. The summed E-state index contributed by atoms with van der Waals surface area (Å²) in [6, 6.07) is 18.5. The summed E-state index contributed by atoms with van der Waals surface area (Å²) in [5, 5.41) is 15.3. The van der Waals surface area contributed by atoms with Crippen molar-refractivity contribution in [1.82, 2.24) is 4.98 Å². The smallest absolute Gasteiger partial charge is 0.189 e. The molecule has 0 unspecified atom stereocenters. The Morgan fingerprint density at radius 3 is 2.49 bits per heavy atom. The number of carbonyl (C=O) groups is 1. The third-order valence-corrected chi connectivity index (χ3v) is 9.17. The fourth-order valence-electron chi connectivity index (χ4n) is 4.83. The number of allylic oxidation sites excluding steroid dienone is 2. The number of pyridine rings is 1. The summed E-state index contributed by atoms with van der Waals surface area (Å²) in [6.45, 7) is 12.0. The van der Waals surface area contributed by atoms with Gasteiger partial charge >= 0.3 is 0 Å². The number of rotatable bonds is 6. The van der Waals surface area contributed by atoms with Gasteiger partial charge in [0.25, 0.3) is 0 Å². The van der Waals surface area contributed by atoms with Crippen LogP contribution in [0.2, 0.25) is 19.6 Å². The van der Waals surface area contributed by atoms with E-state index in [0.717, 1.165) is 58.0 Å². The molecule has 5 rings (SSSR count). The van der Waals surface area contributed by atoms with Crippen molar-refractivity contribution >= 4 is 40.6 Å². The third kappa shape index (κ3) is 6.32. The number of alkyl halides is 1. The molecule has 7 heteroatoms. The molecule has 2 heterocycles. The maximum atomic E-state index is 11.7. The van der Waals surface area contributed by atoms with E-state index in [4.69, 9.17) is 9.72 Å². The van der Waals surface area contributed by atoms with E-state index in [1.54, 1.807) is 0 Å². The van der Waals surface area contributed by atoms with Crippen LogP contribution in [-0.2, 0) is 24.9 Å². The van der Waals surface area contributed by atoms with E-state index >= 15 is 0 Å². The van der Waals surface area contributed by atoms with Gasteiger partial charge in [0.2, 0.25) is 0 Å². The first-order chi connectivity index (χ1) is 18.1. The van der Waals surface area contributed by atoms with E-state index in [-0.39, 0.29) is 31.8 Å². The molecular weight excluding hydrogens is 686 g/mol. The van der Waals surface area contributed by atoms with Gasteiger partial charge < -0.3 is 9.84 Å². The number of fused-ring (bicyclic) bond motifs is 3. The Hall–Kier alpha value is -2.86. The molecule has 1 radical (unpaired) electrons. The molecule has 4 nitrogen and oxygen atoms in total. The number of aryl methyl sites for hydroxylation is 1. The monoisotopic (exact) mass is 721 g/mol. The second kappa shape index (κ2) is 12.5. The average molecular weight is 721 g/mol. The Morgan fingerprint density at radius 1 is 1.15 bits per heavy atom. The van der Waals surface area contributed by atoms with Gasteiger partial charge in [-0.25, -0.2) is 4.39 Å². The second-order valence-corrected chi connectivity index (χ2v) is 15.8. The van der Waals surface area contributed by atoms with Gasteiger partial charge in [-0.05, 0) is 37.3 Å². The second-order valence-electron chi connectivity index (χ2n) is 10.8. The van der Waals surface area contributed by atoms with Crippen LogP contribution in [0.3, 0.4) is 0 Å².